The second-order valence-corrected chi connectivity index (χ2v) is 10.4. The maximum Gasteiger partial charge on any atom is 0.264 e. The lowest BCUT2D eigenvalue weighted by Gasteiger charge is -2.42. The molecule has 4 aromatic rings. The highest BCUT2D eigenvalue weighted by molar-refractivity contribution is 6.30. The fourth-order valence-corrected chi connectivity index (χ4v) is 6.29. The van der Waals surface area contributed by atoms with Crippen LogP contribution in [0, 0.1) is 5.41 Å². The summed E-state index contributed by atoms with van der Waals surface area (Å²) in [5, 5.41) is 8.49. The Morgan fingerprint density at radius 2 is 2.00 bits per heavy atom. The molecule has 2 aromatic carbocycles. The van der Waals surface area contributed by atoms with Gasteiger partial charge in [-0.1, -0.05) is 35.9 Å². The third-order valence-corrected chi connectivity index (χ3v) is 8.32. The van der Waals surface area contributed by atoms with Crippen molar-refractivity contribution in [3.05, 3.63) is 86.3 Å². The average molecular weight is 501 g/mol. The van der Waals surface area contributed by atoms with E-state index in [1.807, 2.05) is 12.1 Å². The molecule has 1 spiro atoms. The van der Waals surface area contributed by atoms with Gasteiger partial charge in [-0.25, -0.2) is 0 Å². The first-order valence-corrected chi connectivity index (χ1v) is 12.6. The number of aromatic amines is 2. The quantitative estimate of drug-likeness (QED) is 0.384. The van der Waals surface area contributed by atoms with Gasteiger partial charge in [-0.05, 0) is 60.1 Å². The lowest BCUT2D eigenvalue weighted by atomic mass is 9.73. The lowest BCUT2D eigenvalue weighted by Crippen LogP contribution is -2.45. The molecule has 0 bridgehead atoms. The fraction of sp³-hybridized carbons (Fsp3) is 0.296. The Morgan fingerprint density at radius 1 is 1.17 bits per heavy atom. The first kappa shape index (κ1) is 21.6. The van der Waals surface area contributed by atoms with E-state index in [9.17, 15) is 4.79 Å². The van der Waals surface area contributed by atoms with Crippen molar-refractivity contribution < 1.29 is 4.74 Å². The van der Waals surface area contributed by atoms with Crippen molar-refractivity contribution in [1.82, 2.24) is 20.2 Å². The van der Waals surface area contributed by atoms with E-state index in [2.05, 4.69) is 44.3 Å². The summed E-state index contributed by atoms with van der Waals surface area (Å²) in [7, 11) is 0. The third kappa shape index (κ3) is 3.21. The van der Waals surface area contributed by atoms with Gasteiger partial charge in [0, 0.05) is 35.3 Å². The molecule has 1 fully saturated rings. The Hall–Kier alpha value is -3.62. The molecule has 9 heteroatoms. The number of nitrogens with two attached hydrogens (primary N) is 1. The minimum Gasteiger partial charge on any atom is -0.489 e. The maximum absolute atomic E-state index is 13.3. The van der Waals surface area contributed by atoms with Crippen LogP contribution in [0.4, 0.5) is 5.95 Å². The van der Waals surface area contributed by atoms with E-state index in [4.69, 9.17) is 27.1 Å². The van der Waals surface area contributed by atoms with Crippen molar-refractivity contribution in [1.29, 1.82) is 0 Å². The third-order valence-electron chi connectivity index (χ3n) is 8.08. The van der Waals surface area contributed by atoms with Gasteiger partial charge in [0.2, 0.25) is 5.95 Å². The molecule has 36 heavy (non-hydrogen) atoms. The van der Waals surface area contributed by atoms with Gasteiger partial charge in [0.15, 0.2) is 5.65 Å². The molecule has 3 aliphatic rings. The zero-order valence-corrected chi connectivity index (χ0v) is 20.3. The van der Waals surface area contributed by atoms with Gasteiger partial charge in [0.1, 0.15) is 23.4 Å². The van der Waals surface area contributed by atoms with E-state index in [1.165, 1.54) is 11.1 Å². The molecule has 0 radical (unpaired) electrons. The summed E-state index contributed by atoms with van der Waals surface area (Å²) >= 11 is 6.13. The zero-order valence-electron chi connectivity index (χ0n) is 19.6. The summed E-state index contributed by atoms with van der Waals surface area (Å²) in [5.74, 6) is 1.24. The van der Waals surface area contributed by atoms with Crippen LogP contribution in [0.2, 0.25) is 5.02 Å². The minimum atomic E-state index is -0.216. The number of benzene rings is 2. The first-order chi connectivity index (χ1) is 17.5. The van der Waals surface area contributed by atoms with Crippen LogP contribution in [-0.2, 0) is 6.42 Å². The van der Waals surface area contributed by atoms with E-state index in [0.717, 1.165) is 43.5 Å². The van der Waals surface area contributed by atoms with Crippen LogP contribution in [0.15, 0.2) is 53.3 Å². The van der Waals surface area contributed by atoms with Gasteiger partial charge >= 0.3 is 0 Å². The molecule has 182 valence electrons. The van der Waals surface area contributed by atoms with Crippen LogP contribution < -0.4 is 20.9 Å². The molecule has 8 nitrogen and oxygen atoms in total. The number of rotatable bonds is 2. The Bertz CT molecular complexity index is 1600. The SMILES string of the molecule is N[C@@H]1c2ccccc2CC12CCN(c1nc3[nH]nc(C4=CCOc5cc(Cl)ccc54)c3c(=O)[nH]1)CC2. The summed E-state index contributed by atoms with van der Waals surface area (Å²) in [6, 6.07) is 14.0. The standard InChI is InChI=1S/C27H25ClN6O2/c28-16-5-6-18-19(7-12-36-20(18)13-16)22-21-24(33-32-22)30-26(31-25(21)35)34-10-8-27(9-11-34)14-15-3-1-2-4-17(15)23(27)29/h1-7,13,23H,8-12,14,29H2,(H2,30,31,32,33,35)/t23-/m1/s1. The molecular weight excluding hydrogens is 476 g/mol. The molecular formula is C27H25ClN6O2. The number of piperidine rings is 1. The maximum atomic E-state index is 13.3. The number of aromatic nitrogens is 4. The van der Waals surface area contributed by atoms with Crippen molar-refractivity contribution >= 4 is 34.2 Å². The number of nitrogens with zero attached hydrogens (tertiary/aromatic N) is 3. The molecule has 0 amide bonds. The van der Waals surface area contributed by atoms with Crippen molar-refractivity contribution in [3.63, 3.8) is 0 Å². The van der Waals surface area contributed by atoms with E-state index in [1.54, 1.807) is 12.1 Å². The molecule has 1 aliphatic carbocycles. The Kier molecular flexibility index (Phi) is 4.78. The summed E-state index contributed by atoms with van der Waals surface area (Å²) < 4.78 is 5.73. The topological polar surface area (TPSA) is 113 Å². The van der Waals surface area contributed by atoms with Crippen LogP contribution in [0.25, 0.3) is 16.6 Å². The molecule has 1 saturated heterocycles. The van der Waals surface area contributed by atoms with Gasteiger partial charge in [0.05, 0.1) is 0 Å². The van der Waals surface area contributed by atoms with Crippen molar-refractivity contribution in [2.24, 2.45) is 11.1 Å². The summed E-state index contributed by atoms with van der Waals surface area (Å²) in [4.78, 5) is 23.2. The van der Waals surface area contributed by atoms with E-state index in [-0.39, 0.29) is 17.0 Å². The minimum absolute atomic E-state index is 0.0472. The Morgan fingerprint density at radius 3 is 2.83 bits per heavy atom. The van der Waals surface area contributed by atoms with Gasteiger partial charge < -0.3 is 15.4 Å². The first-order valence-electron chi connectivity index (χ1n) is 12.2. The highest BCUT2D eigenvalue weighted by Gasteiger charge is 2.46. The van der Waals surface area contributed by atoms with Crippen LogP contribution in [-0.4, -0.2) is 39.9 Å². The molecule has 2 aliphatic heterocycles. The van der Waals surface area contributed by atoms with Gasteiger partial charge in [-0.3, -0.25) is 14.9 Å². The summed E-state index contributed by atoms with van der Waals surface area (Å²) in [5.41, 5.74) is 11.9. The van der Waals surface area contributed by atoms with Crippen LogP contribution in [0.3, 0.4) is 0 Å². The molecule has 0 unspecified atom stereocenters. The highest BCUT2D eigenvalue weighted by Crippen LogP contribution is 2.50. The summed E-state index contributed by atoms with van der Waals surface area (Å²) in [6.07, 6.45) is 4.83. The number of halogens is 1. The molecule has 1 atom stereocenters. The highest BCUT2D eigenvalue weighted by atomic mass is 35.5. The second-order valence-electron chi connectivity index (χ2n) is 9.96. The predicted octanol–water partition coefficient (Wildman–Crippen LogP) is 3.97. The van der Waals surface area contributed by atoms with Crippen LogP contribution in [0.5, 0.6) is 5.75 Å². The Balaban J connectivity index is 1.18. The van der Waals surface area contributed by atoms with Crippen LogP contribution >= 0.6 is 11.6 Å². The average Bonchev–Trinajstić information content (AvgIpc) is 3.44. The number of H-pyrrole nitrogens is 2. The van der Waals surface area contributed by atoms with E-state index in [0.29, 0.717) is 40.1 Å². The lowest BCUT2D eigenvalue weighted by molar-refractivity contribution is 0.187. The predicted molar refractivity (Wildman–Crippen MR) is 139 cm³/mol. The second kappa shape index (κ2) is 7.94. The molecule has 4 heterocycles. The number of ether oxygens (including phenoxy) is 1. The van der Waals surface area contributed by atoms with Gasteiger partial charge in [0.25, 0.3) is 5.56 Å². The number of fused-ring (bicyclic) bond motifs is 3. The van der Waals surface area contributed by atoms with Crippen molar-refractivity contribution in [3.8, 4) is 5.75 Å². The van der Waals surface area contributed by atoms with Gasteiger partial charge in [-0.15, -0.1) is 0 Å². The number of nitrogens with one attached hydrogen (secondary N) is 2. The van der Waals surface area contributed by atoms with Crippen molar-refractivity contribution in [2.75, 3.05) is 24.6 Å². The normalized spacial score (nSPS) is 20.2. The molecule has 0 saturated carbocycles. The van der Waals surface area contributed by atoms with Crippen molar-refractivity contribution in [2.45, 2.75) is 25.3 Å². The molecule has 7 rings (SSSR count). The van der Waals surface area contributed by atoms with Crippen LogP contribution in [0.1, 0.15) is 41.3 Å². The largest absolute Gasteiger partial charge is 0.489 e. The van der Waals surface area contributed by atoms with E-state index < -0.39 is 0 Å². The smallest absolute Gasteiger partial charge is 0.264 e. The van der Waals surface area contributed by atoms with Gasteiger partial charge in [-0.2, -0.15) is 10.1 Å². The zero-order chi connectivity index (χ0) is 24.4. The number of anilines is 1. The number of hydrogen-bond acceptors (Lipinski definition) is 6. The monoisotopic (exact) mass is 500 g/mol. The molecule has 4 N–H and O–H groups in total. The van der Waals surface area contributed by atoms with E-state index >= 15 is 0 Å². The Labute approximate surface area is 212 Å². The molecule has 2 aromatic heterocycles. The number of hydrogen-bond donors (Lipinski definition) is 3. The summed E-state index contributed by atoms with van der Waals surface area (Å²) in [6.45, 7) is 1.95. The fourth-order valence-electron chi connectivity index (χ4n) is 6.13.